The first kappa shape index (κ1) is 29.1. The minimum absolute atomic E-state index is 0.00569. The number of pyridine rings is 1. The van der Waals surface area contributed by atoms with E-state index in [1.54, 1.807) is 10.2 Å². The molecule has 2 unspecified atom stereocenters. The van der Waals surface area contributed by atoms with Crippen LogP contribution in [0.5, 0.6) is 5.75 Å². The van der Waals surface area contributed by atoms with Gasteiger partial charge in [-0.3, -0.25) is 9.59 Å². The molecule has 39 heavy (non-hydrogen) atoms. The molecular weight excluding hydrogens is 570 g/mol. The summed E-state index contributed by atoms with van der Waals surface area (Å²) in [5.41, 5.74) is -1.70. The lowest BCUT2D eigenvalue weighted by atomic mass is 9.96. The summed E-state index contributed by atoms with van der Waals surface area (Å²) in [6.07, 6.45) is -1.15. The summed E-state index contributed by atoms with van der Waals surface area (Å²) in [7, 11) is 0. The lowest BCUT2D eigenvalue weighted by Crippen LogP contribution is -2.55. The number of ether oxygens (including phenoxy) is 1. The van der Waals surface area contributed by atoms with E-state index >= 15 is 0 Å². The Bertz CT molecular complexity index is 1260. The smallest absolute Gasteiger partial charge is 0.405 e. The van der Waals surface area contributed by atoms with Crippen molar-refractivity contribution in [2.24, 2.45) is 0 Å². The number of fused-ring (bicyclic) bond motifs is 2. The summed E-state index contributed by atoms with van der Waals surface area (Å²) >= 11 is 11.8. The number of anilines is 1. The first-order valence-electron chi connectivity index (χ1n) is 12.1. The van der Waals surface area contributed by atoms with E-state index in [-0.39, 0.29) is 45.3 Å². The molecule has 2 N–H and O–H groups in total. The van der Waals surface area contributed by atoms with E-state index in [1.807, 2.05) is 0 Å². The van der Waals surface area contributed by atoms with Gasteiger partial charge in [-0.1, -0.05) is 23.2 Å². The predicted octanol–water partition coefficient (Wildman–Crippen LogP) is 5.43. The maximum absolute atomic E-state index is 15.0. The average Bonchev–Trinajstić information content (AvgIpc) is 3.09. The van der Waals surface area contributed by atoms with Crippen molar-refractivity contribution in [2.45, 2.75) is 69.4 Å². The van der Waals surface area contributed by atoms with E-state index in [2.05, 4.69) is 10.3 Å². The van der Waals surface area contributed by atoms with Crippen molar-refractivity contribution in [3.8, 4) is 5.75 Å². The van der Waals surface area contributed by atoms with Crippen LogP contribution in [0.2, 0.25) is 10.0 Å². The van der Waals surface area contributed by atoms with Gasteiger partial charge >= 0.3 is 6.18 Å². The first-order chi connectivity index (χ1) is 18.1. The van der Waals surface area contributed by atoms with Crippen molar-refractivity contribution in [2.75, 3.05) is 11.4 Å². The summed E-state index contributed by atoms with van der Waals surface area (Å²) in [6.45, 7) is 1.53. The SMILES string of the molecule is CC(C)(Oc1cc(Cl)c(F)cc1Cl)C(=O)NC1CC2CCC(C1)N2c1ncc(C(=O)NCC(F)(F)F)cc1F. The van der Waals surface area contributed by atoms with Crippen LogP contribution in [-0.2, 0) is 4.79 Å². The molecule has 0 spiro atoms. The van der Waals surface area contributed by atoms with E-state index in [9.17, 15) is 31.5 Å². The Balaban J connectivity index is 1.40. The lowest BCUT2D eigenvalue weighted by molar-refractivity contribution is -0.135. The minimum atomic E-state index is -4.59. The molecule has 2 aromatic rings. The van der Waals surface area contributed by atoms with Crippen molar-refractivity contribution >= 4 is 40.8 Å². The lowest BCUT2D eigenvalue weighted by Gasteiger charge is -2.41. The molecule has 2 amide bonds. The molecule has 0 saturated carbocycles. The van der Waals surface area contributed by atoms with E-state index in [0.29, 0.717) is 12.8 Å². The van der Waals surface area contributed by atoms with Gasteiger partial charge in [-0.25, -0.2) is 13.8 Å². The molecule has 7 nitrogen and oxygen atoms in total. The zero-order valence-electron chi connectivity index (χ0n) is 20.8. The topological polar surface area (TPSA) is 83.6 Å². The van der Waals surface area contributed by atoms with Crippen LogP contribution in [-0.4, -0.2) is 53.2 Å². The molecule has 2 fully saturated rings. The van der Waals surface area contributed by atoms with Gasteiger partial charge in [-0.05, 0) is 51.7 Å². The van der Waals surface area contributed by atoms with Crippen LogP contribution in [0.1, 0.15) is 49.9 Å². The fourth-order valence-corrected chi connectivity index (χ4v) is 5.27. The Kier molecular flexibility index (Phi) is 8.18. The number of hydrogen-bond acceptors (Lipinski definition) is 5. The van der Waals surface area contributed by atoms with E-state index < -0.39 is 41.8 Å². The van der Waals surface area contributed by atoms with Crippen LogP contribution in [0, 0.1) is 11.6 Å². The molecule has 212 valence electrons. The summed E-state index contributed by atoms with van der Waals surface area (Å²) in [6, 6.07) is 2.49. The van der Waals surface area contributed by atoms with Gasteiger partial charge in [0.25, 0.3) is 11.8 Å². The van der Waals surface area contributed by atoms with Crippen LogP contribution in [0.4, 0.5) is 27.8 Å². The highest BCUT2D eigenvalue weighted by Gasteiger charge is 2.44. The molecule has 2 aliphatic rings. The third-order valence-electron chi connectivity index (χ3n) is 6.73. The Morgan fingerprint density at radius 2 is 1.69 bits per heavy atom. The molecule has 14 heteroatoms. The summed E-state index contributed by atoms with van der Waals surface area (Å²) in [5.74, 6) is -3.00. The summed E-state index contributed by atoms with van der Waals surface area (Å²) in [5, 5.41) is 4.41. The standard InChI is InChI=1S/C25H25Cl2F5N4O3/c1-24(2,39-20-9-16(26)18(28)8-17(20)27)23(38)35-13-6-14-3-4-15(7-13)36(14)21-19(29)5-12(10-33-21)22(37)34-11-25(30,31)32/h5,8-10,13-15H,3-4,6-7,11H2,1-2H3,(H,34,37)(H,35,38). The Morgan fingerprint density at radius 1 is 1.05 bits per heavy atom. The molecule has 1 aromatic carbocycles. The largest absolute Gasteiger partial charge is 0.476 e. The van der Waals surface area contributed by atoms with Crippen molar-refractivity contribution in [3.05, 3.63) is 51.6 Å². The number of nitrogens with zero attached hydrogens (tertiary/aromatic N) is 2. The van der Waals surface area contributed by atoms with Crippen molar-refractivity contribution in [1.82, 2.24) is 15.6 Å². The van der Waals surface area contributed by atoms with Gasteiger partial charge in [0.2, 0.25) is 0 Å². The number of nitrogens with one attached hydrogen (secondary N) is 2. The third kappa shape index (κ3) is 6.66. The zero-order valence-corrected chi connectivity index (χ0v) is 22.4. The third-order valence-corrected chi connectivity index (χ3v) is 7.32. The highest BCUT2D eigenvalue weighted by atomic mass is 35.5. The Hall–Kier alpha value is -2.86. The van der Waals surface area contributed by atoms with Crippen molar-refractivity contribution in [3.63, 3.8) is 0 Å². The van der Waals surface area contributed by atoms with E-state index in [4.69, 9.17) is 27.9 Å². The fraction of sp³-hybridized carbons (Fsp3) is 0.480. The molecule has 2 aliphatic heterocycles. The van der Waals surface area contributed by atoms with Gasteiger partial charge in [0, 0.05) is 30.4 Å². The average molecular weight is 595 g/mol. The number of hydrogen-bond donors (Lipinski definition) is 2. The Labute approximate surface area is 231 Å². The number of carbonyl (C=O) groups is 2. The number of piperidine rings is 1. The second-order valence-corrected chi connectivity index (χ2v) is 10.9. The molecule has 2 saturated heterocycles. The van der Waals surface area contributed by atoms with Gasteiger partial charge in [-0.15, -0.1) is 0 Å². The predicted molar refractivity (Wildman–Crippen MR) is 134 cm³/mol. The quantitative estimate of drug-likeness (QED) is 0.330. The number of rotatable bonds is 7. The van der Waals surface area contributed by atoms with Gasteiger partial charge in [-0.2, -0.15) is 13.2 Å². The molecule has 3 heterocycles. The molecule has 0 radical (unpaired) electrons. The number of alkyl halides is 3. The molecule has 1 aromatic heterocycles. The van der Waals surface area contributed by atoms with Crippen LogP contribution in [0.3, 0.4) is 0 Å². The van der Waals surface area contributed by atoms with Gasteiger partial charge in [0.05, 0.1) is 15.6 Å². The van der Waals surface area contributed by atoms with Gasteiger partial charge < -0.3 is 20.3 Å². The molecule has 2 atom stereocenters. The zero-order chi connectivity index (χ0) is 28.7. The number of benzene rings is 1. The maximum Gasteiger partial charge on any atom is 0.405 e. The summed E-state index contributed by atoms with van der Waals surface area (Å²) in [4.78, 5) is 30.9. The van der Waals surface area contributed by atoms with E-state index in [1.165, 1.54) is 19.9 Å². The second-order valence-electron chi connectivity index (χ2n) is 10.1. The van der Waals surface area contributed by atoms with Gasteiger partial charge in [0.15, 0.2) is 17.2 Å². The van der Waals surface area contributed by atoms with Crippen molar-refractivity contribution < 1.29 is 36.3 Å². The van der Waals surface area contributed by atoms with Crippen LogP contribution < -0.4 is 20.3 Å². The van der Waals surface area contributed by atoms with Crippen LogP contribution >= 0.6 is 23.2 Å². The van der Waals surface area contributed by atoms with E-state index in [0.717, 1.165) is 31.2 Å². The highest BCUT2D eigenvalue weighted by molar-refractivity contribution is 6.34. The molecule has 0 aliphatic carbocycles. The second kappa shape index (κ2) is 11.0. The first-order valence-corrected chi connectivity index (χ1v) is 12.8. The number of amides is 2. The van der Waals surface area contributed by atoms with Crippen LogP contribution in [0.25, 0.3) is 0 Å². The normalized spacial score (nSPS) is 21.1. The number of aromatic nitrogens is 1. The molecule has 4 rings (SSSR count). The van der Waals surface area contributed by atoms with Gasteiger partial charge in [0.1, 0.15) is 18.1 Å². The van der Waals surface area contributed by atoms with Crippen molar-refractivity contribution in [1.29, 1.82) is 0 Å². The number of carbonyl (C=O) groups excluding carboxylic acids is 2. The summed E-state index contributed by atoms with van der Waals surface area (Å²) < 4.78 is 71.4. The molecular formula is C25H25Cl2F5N4O3. The highest BCUT2D eigenvalue weighted by Crippen LogP contribution is 2.40. The van der Waals surface area contributed by atoms with Crippen LogP contribution in [0.15, 0.2) is 24.4 Å². The fourth-order valence-electron chi connectivity index (χ4n) is 4.93. The Morgan fingerprint density at radius 3 is 2.28 bits per heavy atom. The maximum atomic E-state index is 15.0. The number of halogens is 7. The minimum Gasteiger partial charge on any atom is -0.476 e. The molecule has 2 bridgehead atoms. The monoisotopic (exact) mass is 594 g/mol.